The molecule has 1 aromatic carbocycles. The Labute approximate surface area is 200 Å². The molecular weight excluding hydrogens is 452 g/mol. The quantitative estimate of drug-likeness (QED) is 0.434. The molecule has 9 nitrogen and oxygen atoms in total. The van der Waals surface area contributed by atoms with Crippen LogP contribution < -0.4 is 19.9 Å². The molecule has 34 heavy (non-hydrogen) atoms. The molecule has 1 amide bonds. The normalized spacial score (nSPS) is 18.5. The number of pyridine rings is 2. The lowest BCUT2D eigenvalue weighted by Crippen LogP contribution is -2.51. The van der Waals surface area contributed by atoms with E-state index in [1.807, 2.05) is 48.1 Å². The van der Waals surface area contributed by atoms with E-state index >= 15 is 0 Å². The molecule has 0 spiro atoms. The molecule has 0 unspecified atom stereocenters. The van der Waals surface area contributed by atoms with Crippen LogP contribution in [0.1, 0.15) is 0 Å². The first kappa shape index (κ1) is 21.1. The van der Waals surface area contributed by atoms with Gasteiger partial charge < -0.3 is 19.7 Å². The SMILES string of the molecule is COc1ccc2nccc(N3CC(CNC[C@@H]4CN(c5ccc6ncsc6c5)C(=O)O4)C3)c2n1. The van der Waals surface area contributed by atoms with Gasteiger partial charge in [0, 0.05) is 50.0 Å². The first-order chi connectivity index (χ1) is 16.7. The first-order valence-electron chi connectivity index (χ1n) is 11.2. The molecular formula is C24H24N6O3S. The Morgan fingerprint density at radius 2 is 2.00 bits per heavy atom. The number of carbonyl (C=O) groups is 1. The van der Waals surface area contributed by atoms with E-state index in [1.54, 1.807) is 23.3 Å². The average molecular weight is 477 g/mol. The van der Waals surface area contributed by atoms with E-state index < -0.39 is 0 Å². The molecule has 2 aliphatic rings. The third-order valence-corrected chi connectivity index (χ3v) is 7.14. The van der Waals surface area contributed by atoms with E-state index in [1.165, 1.54) is 0 Å². The van der Waals surface area contributed by atoms with Crippen molar-refractivity contribution >= 4 is 50.1 Å². The number of hydrogen-bond acceptors (Lipinski definition) is 9. The third-order valence-electron chi connectivity index (χ3n) is 6.35. The smallest absolute Gasteiger partial charge is 0.414 e. The number of hydrogen-bond donors (Lipinski definition) is 1. The van der Waals surface area contributed by atoms with Gasteiger partial charge in [-0.15, -0.1) is 11.3 Å². The van der Waals surface area contributed by atoms with Crippen LogP contribution in [0.25, 0.3) is 21.3 Å². The maximum absolute atomic E-state index is 12.4. The van der Waals surface area contributed by atoms with Crippen LogP contribution in [0.4, 0.5) is 16.2 Å². The topological polar surface area (TPSA) is 92.7 Å². The summed E-state index contributed by atoms with van der Waals surface area (Å²) in [5.41, 5.74) is 6.43. The second-order valence-electron chi connectivity index (χ2n) is 8.60. The van der Waals surface area contributed by atoms with Crippen LogP contribution in [0, 0.1) is 5.92 Å². The maximum atomic E-state index is 12.4. The van der Waals surface area contributed by atoms with Crippen molar-refractivity contribution in [3.8, 4) is 5.88 Å². The number of carbonyl (C=O) groups excluding carboxylic acids is 1. The van der Waals surface area contributed by atoms with Gasteiger partial charge in [0.2, 0.25) is 5.88 Å². The second-order valence-corrected chi connectivity index (χ2v) is 9.49. The molecule has 3 aromatic heterocycles. The number of anilines is 2. The van der Waals surface area contributed by atoms with Crippen molar-refractivity contribution in [3.63, 3.8) is 0 Å². The number of aromatic nitrogens is 3. The minimum Gasteiger partial charge on any atom is -0.481 e. The lowest BCUT2D eigenvalue weighted by atomic mass is 9.99. The molecule has 2 saturated heterocycles. The fourth-order valence-corrected chi connectivity index (χ4v) is 5.27. The molecule has 2 fully saturated rings. The largest absolute Gasteiger partial charge is 0.481 e. The van der Waals surface area contributed by atoms with Gasteiger partial charge in [-0.1, -0.05) is 0 Å². The van der Waals surface area contributed by atoms with Crippen molar-refractivity contribution in [1.82, 2.24) is 20.3 Å². The molecule has 174 valence electrons. The minimum absolute atomic E-state index is 0.165. The minimum atomic E-state index is -0.294. The number of thiazole rings is 1. The Balaban J connectivity index is 1.01. The lowest BCUT2D eigenvalue weighted by Gasteiger charge is -2.41. The maximum Gasteiger partial charge on any atom is 0.414 e. The van der Waals surface area contributed by atoms with Crippen LogP contribution in [0.5, 0.6) is 5.88 Å². The van der Waals surface area contributed by atoms with E-state index in [0.717, 1.165) is 52.3 Å². The van der Waals surface area contributed by atoms with Crippen LogP contribution in [-0.4, -0.2) is 67.0 Å². The Morgan fingerprint density at radius 1 is 1.12 bits per heavy atom. The van der Waals surface area contributed by atoms with E-state index in [4.69, 9.17) is 9.47 Å². The summed E-state index contributed by atoms with van der Waals surface area (Å²) in [5.74, 6) is 1.11. The zero-order valence-corrected chi connectivity index (χ0v) is 19.5. The summed E-state index contributed by atoms with van der Waals surface area (Å²) in [6.07, 6.45) is 1.37. The van der Waals surface area contributed by atoms with Crippen molar-refractivity contribution < 1.29 is 14.3 Å². The van der Waals surface area contributed by atoms with Gasteiger partial charge in [0.25, 0.3) is 0 Å². The van der Waals surface area contributed by atoms with Gasteiger partial charge in [0.05, 0.1) is 40.6 Å². The van der Waals surface area contributed by atoms with Crippen molar-refractivity contribution in [2.24, 2.45) is 5.92 Å². The van der Waals surface area contributed by atoms with E-state index in [2.05, 4.69) is 25.2 Å². The zero-order valence-electron chi connectivity index (χ0n) is 18.7. The number of cyclic esters (lactones) is 1. The number of rotatable bonds is 7. The monoisotopic (exact) mass is 476 g/mol. The van der Waals surface area contributed by atoms with Crippen LogP contribution in [-0.2, 0) is 4.74 Å². The fraction of sp³-hybridized carbons (Fsp3) is 0.333. The van der Waals surface area contributed by atoms with Gasteiger partial charge in [-0.25, -0.2) is 14.8 Å². The van der Waals surface area contributed by atoms with Gasteiger partial charge in [-0.05, 0) is 30.3 Å². The third kappa shape index (κ3) is 3.88. The highest BCUT2D eigenvalue weighted by Gasteiger charge is 2.33. The predicted octanol–water partition coefficient (Wildman–Crippen LogP) is 3.30. The second kappa shape index (κ2) is 8.69. The predicted molar refractivity (Wildman–Crippen MR) is 132 cm³/mol. The molecule has 1 atom stereocenters. The standard InChI is InChI=1S/C24H24N6O3S/c1-32-22-5-4-19-23(28-22)20(6-7-26-19)29-11-15(12-29)9-25-10-17-13-30(24(31)33-17)16-2-3-18-21(8-16)34-14-27-18/h2-8,14-15,17,25H,9-13H2,1H3/t17-/m1/s1. The number of ether oxygens (including phenoxy) is 2. The summed E-state index contributed by atoms with van der Waals surface area (Å²) in [5, 5.41) is 3.49. The van der Waals surface area contributed by atoms with Crippen molar-refractivity contribution in [3.05, 3.63) is 48.1 Å². The van der Waals surface area contributed by atoms with Gasteiger partial charge >= 0.3 is 6.09 Å². The van der Waals surface area contributed by atoms with E-state index in [0.29, 0.717) is 24.9 Å². The number of nitrogens with zero attached hydrogens (tertiary/aromatic N) is 5. The van der Waals surface area contributed by atoms with Gasteiger partial charge in [-0.3, -0.25) is 9.88 Å². The summed E-state index contributed by atoms with van der Waals surface area (Å²) in [4.78, 5) is 29.7. The molecule has 6 rings (SSSR count). The summed E-state index contributed by atoms with van der Waals surface area (Å²) < 4.78 is 11.9. The Morgan fingerprint density at radius 3 is 2.88 bits per heavy atom. The Kier molecular flexibility index (Phi) is 5.39. The average Bonchev–Trinajstić information content (AvgIpc) is 3.45. The summed E-state index contributed by atoms with van der Waals surface area (Å²) in [6, 6.07) is 11.6. The van der Waals surface area contributed by atoms with Crippen molar-refractivity contribution in [1.29, 1.82) is 0 Å². The first-order valence-corrected chi connectivity index (χ1v) is 12.1. The van der Waals surface area contributed by atoms with E-state index in [-0.39, 0.29) is 12.2 Å². The Bertz CT molecular complexity index is 1360. The molecule has 1 N–H and O–H groups in total. The number of benzene rings is 1. The molecule has 5 heterocycles. The number of amides is 1. The molecule has 0 aliphatic carbocycles. The van der Waals surface area contributed by atoms with Crippen LogP contribution in [0.3, 0.4) is 0 Å². The highest BCUT2D eigenvalue weighted by Crippen LogP contribution is 2.31. The van der Waals surface area contributed by atoms with Crippen molar-refractivity contribution in [2.45, 2.75) is 6.10 Å². The van der Waals surface area contributed by atoms with Gasteiger partial charge in [-0.2, -0.15) is 0 Å². The van der Waals surface area contributed by atoms with Crippen LogP contribution in [0.2, 0.25) is 0 Å². The molecule has 0 bridgehead atoms. The summed E-state index contributed by atoms with van der Waals surface area (Å²) in [7, 11) is 1.62. The fourth-order valence-electron chi connectivity index (χ4n) is 4.56. The van der Waals surface area contributed by atoms with Gasteiger partial charge in [0.15, 0.2) is 0 Å². The molecule has 0 radical (unpaired) electrons. The van der Waals surface area contributed by atoms with Crippen LogP contribution >= 0.6 is 11.3 Å². The van der Waals surface area contributed by atoms with Gasteiger partial charge in [0.1, 0.15) is 11.6 Å². The Hall–Kier alpha value is -3.50. The highest BCUT2D eigenvalue weighted by atomic mass is 32.1. The van der Waals surface area contributed by atoms with Crippen LogP contribution in [0.15, 0.2) is 48.1 Å². The number of nitrogens with one attached hydrogen (secondary N) is 1. The molecule has 2 aliphatic heterocycles. The highest BCUT2D eigenvalue weighted by molar-refractivity contribution is 7.16. The lowest BCUT2D eigenvalue weighted by molar-refractivity contribution is 0.139. The molecule has 4 aromatic rings. The molecule has 10 heteroatoms. The van der Waals surface area contributed by atoms with E-state index in [9.17, 15) is 4.79 Å². The number of fused-ring (bicyclic) bond motifs is 2. The molecule has 0 saturated carbocycles. The number of methoxy groups -OCH3 is 1. The summed E-state index contributed by atoms with van der Waals surface area (Å²) in [6.45, 7) is 3.94. The zero-order chi connectivity index (χ0) is 23.1. The summed E-state index contributed by atoms with van der Waals surface area (Å²) >= 11 is 1.57. The van der Waals surface area contributed by atoms with Crippen molar-refractivity contribution in [2.75, 3.05) is 49.6 Å².